The van der Waals surface area contributed by atoms with E-state index in [9.17, 15) is 13.2 Å². The van der Waals surface area contributed by atoms with Crippen LogP contribution in [-0.4, -0.2) is 0 Å². The van der Waals surface area contributed by atoms with Gasteiger partial charge >= 0.3 is 11.9 Å². The smallest absolute Gasteiger partial charge is 0.356 e. The molecule has 0 aliphatic heterocycles. The van der Waals surface area contributed by atoms with E-state index in [0.717, 1.165) is 12.1 Å². The van der Waals surface area contributed by atoms with E-state index in [1.54, 1.807) is 30.3 Å². The summed E-state index contributed by atoms with van der Waals surface area (Å²) in [5.41, 5.74) is -0.558. The highest BCUT2D eigenvalue weighted by molar-refractivity contribution is 5.66. The van der Waals surface area contributed by atoms with Crippen LogP contribution in [0.15, 0.2) is 48.5 Å². The number of nitrogens with one attached hydrogen (secondary N) is 1. The normalized spacial score (nSPS) is 10.8. The van der Waals surface area contributed by atoms with Gasteiger partial charge in [-0.25, -0.2) is 0 Å². The molecule has 0 bridgehead atoms. The van der Waals surface area contributed by atoms with E-state index in [0.29, 0.717) is 5.69 Å². The second-order valence-corrected chi connectivity index (χ2v) is 3.82. The summed E-state index contributed by atoms with van der Waals surface area (Å²) in [6.45, 7) is 0. The van der Waals surface area contributed by atoms with E-state index < -0.39 is 17.4 Å². The van der Waals surface area contributed by atoms with Gasteiger partial charge < -0.3 is 5.32 Å². The van der Waals surface area contributed by atoms with Gasteiger partial charge in [0.15, 0.2) is 10.5 Å². The number of nitrogens with zero attached hydrogens (tertiary/aromatic N) is 2. The molecule has 0 aromatic heterocycles. The van der Waals surface area contributed by atoms with Crippen molar-refractivity contribution in [2.45, 2.75) is 6.18 Å². The first kappa shape index (κ1) is 12.9. The lowest BCUT2D eigenvalue weighted by atomic mass is 10.1. The van der Waals surface area contributed by atoms with Gasteiger partial charge in [-0.1, -0.05) is 18.2 Å². The minimum atomic E-state index is -4.57. The summed E-state index contributed by atoms with van der Waals surface area (Å²) in [4.78, 5) is 2.64. The van der Waals surface area contributed by atoms with Gasteiger partial charge in [-0.05, 0) is 24.3 Å². The lowest BCUT2D eigenvalue weighted by molar-refractivity contribution is -0.136. The predicted octanol–water partition coefficient (Wildman–Crippen LogP) is 4.93. The molecule has 0 aliphatic carbocycles. The van der Waals surface area contributed by atoms with Crippen LogP contribution in [0.5, 0.6) is 0 Å². The maximum atomic E-state index is 12.8. The Hall–Kier alpha value is -2.55. The molecule has 2 aromatic carbocycles. The number of hydrogen-bond acceptors (Lipinski definition) is 2. The summed E-state index contributed by atoms with van der Waals surface area (Å²) < 4.78 is 38.3. The van der Waals surface area contributed by atoms with Crippen molar-refractivity contribution in [3.8, 4) is 0 Å². The zero-order valence-electron chi connectivity index (χ0n) is 9.65. The third kappa shape index (κ3) is 3.01. The molecular formula is C13H9F3N3+. The van der Waals surface area contributed by atoms with Crippen LogP contribution in [0.3, 0.4) is 0 Å². The topological polar surface area (TPSA) is 40.2 Å². The largest absolute Gasteiger partial charge is 0.424 e. The Morgan fingerprint density at radius 3 is 2.21 bits per heavy atom. The van der Waals surface area contributed by atoms with Gasteiger partial charge in [0.25, 0.3) is 0 Å². The van der Waals surface area contributed by atoms with Gasteiger partial charge in [-0.2, -0.15) is 13.2 Å². The number of halogens is 3. The zero-order chi connectivity index (χ0) is 13.9. The Kier molecular flexibility index (Phi) is 3.38. The molecule has 0 radical (unpaired) electrons. The Balaban J connectivity index is 2.37. The van der Waals surface area contributed by atoms with Crippen molar-refractivity contribution in [1.29, 1.82) is 5.39 Å². The quantitative estimate of drug-likeness (QED) is 0.781. The summed E-state index contributed by atoms with van der Waals surface area (Å²) in [5, 5.41) is 11.4. The molecule has 0 fully saturated rings. The van der Waals surface area contributed by atoms with Gasteiger partial charge in [-0.15, -0.1) is 0 Å². The maximum Gasteiger partial charge on any atom is 0.424 e. The fourth-order valence-electron chi connectivity index (χ4n) is 1.62. The number of benzene rings is 2. The van der Waals surface area contributed by atoms with Gasteiger partial charge in [0, 0.05) is 17.4 Å². The molecule has 2 rings (SSSR count). The molecule has 0 unspecified atom stereocenters. The molecule has 0 saturated carbocycles. The summed E-state index contributed by atoms with van der Waals surface area (Å²) in [6.07, 6.45) is -4.57. The van der Waals surface area contributed by atoms with Crippen LogP contribution in [-0.2, 0) is 6.18 Å². The third-order valence-corrected chi connectivity index (χ3v) is 2.47. The van der Waals surface area contributed by atoms with Gasteiger partial charge in [0.1, 0.15) is 0 Å². The highest BCUT2D eigenvalue weighted by atomic mass is 19.4. The van der Waals surface area contributed by atoms with Crippen LogP contribution in [0.1, 0.15) is 5.56 Å². The molecule has 6 heteroatoms. The van der Waals surface area contributed by atoms with E-state index in [1.165, 1.54) is 6.07 Å². The van der Waals surface area contributed by atoms with Gasteiger partial charge in [-0.3, -0.25) is 0 Å². The second kappa shape index (κ2) is 4.98. The van der Waals surface area contributed by atoms with E-state index in [1.807, 2.05) is 0 Å². The zero-order valence-corrected chi connectivity index (χ0v) is 9.65. The first-order valence-corrected chi connectivity index (χ1v) is 5.39. The van der Waals surface area contributed by atoms with Crippen LogP contribution >= 0.6 is 0 Å². The van der Waals surface area contributed by atoms with E-state index in [4.69, 9.17) is 5.39 Å². The number of rotatable bonds is 2. The van der Waals surface area contributed by atoms with Crippen molar-refractivity contribution in [2.75, 3.05) is 5.32 Å². The first-order valence-electron chi connectivity index (χ1n) is 5.39. The number of alkyl halides is 3. The minimum Gasteiger partial charge on any atom is -0.356 e. The first-order chi connectivity index (χ1) is 9.00. The van der Waals surface area contributed by atoms with Gasteiger partial charge in [0.2, 0.25) is 5.39 Å². The molecule has 2 aromatic rings. The molecule has 0 saturated heterocycles. The molecule has 1 N–H and O–H groups in total. The highest BCUT2D eigenvalue weighted by Crippen LogP contribution is 2.38. The van der Waals surface area contributed by atoms with Crippen LogP contribution in [0.25, 0.3) is 4.98 Å². The van der Waals surface area contributed by atoms with Crippen LogP contribution in [0.4, 0.5) is 30.2 Å². The summed E-state index contributed by atoms with van der Waals surface area (Å²) in [7, 11) is 0. The van der Waals surface area contributed by atoms with Crippen molar-refractivity contribution < 1.29 is 13.2 Å². The summed E-state index contributed by atoms with van der Waals surface area (Å²) in [5.74, 6) is 0. The van der Waals surface area contributed by atoms with Crippen molar-refractivity contribution in [3.63, 3.8) is 0 Å². The number of para-hydroxylation sites is 1. The Morgan fingerprint density at radius 1 is 0.947 bits per heavy atom. The molecule has 0 heterocycles. The van der Waals surface area contributed by atoms with Gasteiger partial charge in [0.05, 0.1) is 0 Å². The number of hydrogen-bond donors (Lipinski definition) is 1. The molecule has 0 atom stereocenters. The summed E-state index contributed by atoms with van der Waals surface area (Å²) >= 11 is 0. The van der Waals surface area contributed by atoms with E-state index in [2.05, 4.69) is 10.3 Å². The Morgan fingerprint density at radius 2 is 1.63 bits per heavy atom. The Bertz CT molecular complexity index is 615. The minimum absolute atomic E-state index is 0.269. The molecule has 96 valence electrons. The summed E-state index contributed by atoms with van der Waals surface area (Å²) in [6, 6.07) is 12.2. The Labute approximate surface area is 107 Å². The lowest BCUT2D eigenvalue weighted by Crippen LogP contribution is -2.05. The van der Waals surface area contributed by atoms with Crippen LogP contribution in [0.2, 0.25) is 0 Å². The van der Waals surface area contributed by atoms with Crippen molar-refractivity contribution in [3.05, 3.63) is 59.1 Å². The third-order valence-electron chi connectivity index (χ3n) is 2.47. The molecule has 0 spiro atoms. The average Bonchev–Trinajstić information content (AvgIpc) is 2.39. The standard InChI is InChI=1S/C13H9F3N3/c14-13(15,16)11-8-10(6-7-12(11)19-17)18-9-4-2-1-3-5-9/h1-8,18H/q+1. The predicted molar refractivity (Wildman–Crippen MR) is 65.9 cm³/mol. The SMILES string of the molecule is N#[N+]c1ccc(Nc2ccccc2)cc1C(F)(F)F. The second-order valence-electron chi connectivity index (χ2n) is 3.82. The lowest BCUT2D eigenvalue weighted by Gasteiger charge is -2.08. The fraction of sp³-hybridized carbons (Fsp3) is 0.0769. The van der Waals surface area contributed by atoms with Crippen molar-refractivity contribution in [1.82, 2.24) is 0 Å². The monoisotopic (exact) mass is 264 g/mol. The fourth-order valence-corrected chi connectivity index (χ4v) is 1.62. The van der Waals surface area contributed by atoms with E-state index >= 15 is 0 Å². The van der Waals surface area contributed by atoms with Crippen LogP contribution < -0.4 is 5.32 Å². The van der Waals surface area contributed by atoms with E-state index in [-0.39, 0.29) is 5.69 Å². The highest BCUT2D eigenvalue weighted by Gasteiger charge is 2.39. The average molecular weight is 264 g/mol. The maximum absolute atomic E-state index is 12.8. The molecule has 0 amide bonds. The molecule has 3 nitrogen and oxygen atoms in total. The van der Waals surface area contributed by atoms with Crippen molar-refractivity contribution in [2.24, 2.45) is 0 Å². The number of anilines is 2. The molecular weight excluding hydrogens is 255 g/mol. The van der Waals surface area contributed by atoms with Crippen LogP contribution in [0, 0.1) is 5.39 Å². The molecule has 0 aliphatic rings. The van der Waals surface area contributed by atoms with Crippen molar-refractivity contribution >= 4 is 17.1 Å². The molecule has 19 heavy (non-hydrogen) atoms. The number of diazo groups is 1.